The predicted molar refractivity (Wildman–Crippen MR) is 269 cm³/mol. The molecule has 2 bridgehead atoms. The number of allylic oxidation sites excluding steroid dienone is 1. The fourth-order valence-corrected chi connectivity index (χ4v) is 9.40. The third-order valence-corrected chi connectivity index (χ3v) is 13.8. The number of unbranched alkanes of at least 4 members (excludes halogenated alkanes) is 2. The minimum Gasteiger partial charge on any atom is -0.508 e. The second-order valence-corrected chi connectivity index (χ2v) is 19.9. The molecule has 21 nitrogen and oxygen atoms in total. The first-order valence-corrected chi connectivity index (χ1v) is 25.6. The van der Waals surface area contributed by atoms with Crippen LogP contribution < -0.4 is 32.3 Å². The van der Waals surface area contributed by atoms with Crippen molar-refractivity contribution in [2.75, 3.05) is 7.05 Å². The Bertz CT molecular complexity index is 2330. The van der Waals surface area contributed by atoms with E-state index in [-0.39, 0.29) is 63.0 Å². The maximum Gasteiger partial charge on any atom is 0.329 e. The number of esters is 1. The van der Waals surface area contributed by atoms with Crippen LogP contribution in [0.1, 0.15) is 109 Å². The summed E-state index contributed by atoms with van der Waals surface area (Å²) in [7, 11) is 1.36. The van der Waals surface area contributed by atoms with Gasteiger partial charge in [-0.25, -0.2) is 4.79 Å². The van der Waals surface area contributed by atoms with Crippen LogP contribution in [0.4, 0.5) is 0 Å². The molecule has 1 aliphatic carbocycles. The summed E-state index contributed by atoms with van der Waals surface area (Å²) < 4.78 is 5.93. The maximum atomic E-state index is 15.1. The quantitative estimate of drug-likeness (QED) is 0.0605. The van der Waals surface area contributed by atoms with Gasteiger partial charge in [0.25, 0.3) is 0 Å². The third kappa shape index (κ3) is 16.3. The van der Waals surface area contributed by atoms with Crippen LogP contribution in [0.3, 0.4) is 0 Å². The Morgan fingerprint density at radius 3 is 2.11 bits per heavy atom. The van der Waals surface area contributed by atoms with Gasteiger partial charge in [-0.1, -0.05) is 88.2 Å². The second-order valence-electron chi connectivity index (χ2n) is 19.9. The van der Waals surface area contributed by atoms with Gasteiger partial charge in [0.05, 0.1) is 6.10 Å². The number of aliphatic hydroxyl groups excluding tert-OH is 2. The molecule has 2 aliphatic heterocycles. The molecule has 404 valence electrons. The van der Waals surface area contributed by atoms with Gasteiger partial charge in [-0.15, -0.1) is 0 Å². The number of benzene rings is 2. The fraction of sp³-hybridized carbons (Fsp3) is 0.566. The van der Waals surface area contributed by atoms with Gasteiger partial charge in [0.1, 0.15) is 60.4 Å². The van der Waals surface area contributed by atoms with E-state index in [9.17, 15) is 53.7 Å². The first-order chi connectivity index (χ1) is 35.2. The number of aliphatic hydroxyl groups is 2. The number of hydrogen-bond acceptors (Lipinski definition) is 13. The molecule has 2 aromatic rings. The first-order valence-electron chi connectivity index (χ1n) is 25.6. The Kier molecular flexibility index (Phi) is 21.5. The van der Waals surface area contributed by atoms with Crippen molar-refractivity contribution in [1.29, 1.82) is 0 Å². The minimum absolute atomic E-state index is 0.0597. The summed E-state index contributed by atoms with van der Waals surface area (Å²) in [4.78, 5) is 130. The van der Waals surface area contributed by atoms with Gasteiger partial charge in [-0.2, -0.15) is 0 Å². The van der Waals surface area contributed by atoms with E-state index < -0.39 is 120 Å². The lowest BCUT2D eigenvalue weighted by atomic mass is 9.88. The fourth-order valence-electron chi connectivity index (χ4n) is 9.40. The van der Waals surface area contributed by atoms with E-state index in [1.807, 2.05) is 6.92 Å². The zero-order chi connectivity index (χ0) is 54.2. The predicted octanol–water partition coefficient (Wildman–Crippen LogP) is 0.902. The number of likely N-dealkylation sites (N-methyl/N-ethyl adjacent to an activating group) is 1. The number of carbonyl (C=O) groups is 9. The molecule has 8 amide bonds. The number of piperidine rings is 1. The van der Waals surface area contributed by atoms with E-state index in [1.54, 1.807) is 68.5 Å². The Labute approximate surface area is 431 Å². The first kappa shape index (κ1) is 58.0. The van der Waals surface area contributed by atoms with E-state index in [0.717, 1.165) is 22.6 Å². The summed E-state index contributed by atoms with van der Waals surface area (Å²) in [5.41, 5.74) is 6.54. The molecule has 0 saturated carbocycles. The zero-order valence-electron chi connectivity index (χ0n) is 42.9. The Hall–Kier alpha value is -6.87. The Balaban J connectivity index is 1.63. The molecule has 2 saturated heterocycles. The third-order valence-electron chi connectivity index (χ3n) is 13.8. The number of fused-ring (bicyclic) bond motifs is 2. The van der Waals surface area contributed by atoms with Crippen molar-refractivity contribution in [3.63, 3.8) is 0 Å². The van der Waals surface area contributed by atoms with Crippen LogP contribution in [0.2, 0.25) is 0 Å². The minimum atomic E-state index is -1.80. The van der Waals surface area contributed by atoms with E-state index in [1.165, 1.54) is 26.1 Å². The number of nitrogens with two attached hydrogens (primary N) is 1. The monoisotopic (exact) mass is 1030 g/mol. The molecule has 5 rings (SSSR count). The highest BCUT2D eigenvalue weighted by molar-refractivity contribution is 5.98. The van der Waals surface area contributed by atoms with Crippen LogP contribution in [-0.2, 0) is 60.7 Å². The van der Waals surface area contributed by atoms with Crippen LogP contribution in [0.5, 0.6) is 5.75 Å². The number of nitrogens with zero attached hydrogens (tertiary/aromatic N) is 2. The lowest BCUT2D eigenvalue weighted by Crippen LogP contribution is -2.65. The lowest BCUT2D eigenvalue weighted by molar-refractivity contribution is -0.165. The summed E-state index contributed by atoms with van der Waals surface area (Å²) in [5, 5.41) is 45.3. The molecule has 0 aromatic heterocycles. The van der Waals surface area contributed by atoms with Gasteiger partial charge in [-0.05, 0) is 87.0 Å². The van der Waals surface area contributed by atoms with E-state index >= 15 is 4.79 Å². The van der Waals surface area contributed by atoms with Crippen LogP contribution >= 0.6 is 0 Å². The van der Waals surface area contributed by atoms with Gasteiger partial charge in [0, 0.05) is 32.7 Å². The van der Waals surface area contributed by atoms with Crippen LogP contribution in [0.25, 0.3) is 0 Å². The number of phenolic OH excluding ortho intramolecular Hbond substituents is 1. The molecular formula is C53H74N8O13. The van der Waals surface area contributed by atoms with Crippen LogP contribution in [-0.4, -0.2) is 146 Å². The smallest absolute Gasteiger partial charge is 0.329 e. The summed E-state index contributed by atoms with van der Waals surface area (Å²) in [6.45, 7) is 6.49. The Morgan fingerprint density at radius 2 is 1.47 bits per heavy atom. The Morgan fingerprint density at radius 1 is 0.797 bits per heavy atom. The second kappa shape index (κ2) is 27.4. The number of primary amides is 1. The number of phenols is 1. The van der Waals surface area contributed by atoms with Crippen molar-refractivity contribution in [2.45, 2.75) is 172 Å². The van der Waals surface area contributed by atoms with Gasteiger partial charge in [0.15, 0.2) is 0 Å². The lowest BCUT2D eigenvalue weighted by Gasteiger charge is -2.43. The van der Waals surface area contributed by atoms with E-state index in [2.05, 4.69) is 26.6 Å². The van der Waals surface area contributed by atoms with Crippen molar-refractivity contribution in [3.05, 3.63) is 77.9 Å². The normalized spacial score (nSPS) is 26.9. The number of aromatic hydroxyl groups is 1. The molecule has 74 heavy (non-hydrogen) atoms. The van der Waals surface area contributed by atoms with Crippen LogP contribution in [0, 0.1) is 11.8 Å². The van der Waals surface area contributed by atoms with Crippen molar-refractivity contribution >= 4 is 53.2 Å². The standard InChI is InChI=1S/C53H74N8O13/c1-6-7-9-14-43(65)55-37(23-25-42(54)64)47(67)59-46-31(4)74-53(73)45(30(2)3)58-49(69)40(28-34-17-21-36(63)22-18-34)60(5)52(72)41(29-32-12-10-8-11-13-32)61-44(66)26-24-38(51(61)71)56-48(68)39(57-50(46)70)27-33-15-19-35(62)20-16-33/h8,10-13,15,17-19,21-22,30-31,33,35,37-41,44-46,62-63,66H,6-7,9,14,16,20,23-29H2,1-5H3,(H2,54,64)(H,55,65)(H,56,68)(H,57,70)(H,58,69)(H,59,67)/t31-,33+,35+,37+,38+,39?,40+,41+,44-,45+,46+/m1/s1. The molecule has 0 radical (unpaired) electrons. The van der Waals surface area contributed by atoms with Crippen LogP contribution in [0.15, 0.2) is 66.7 Å². The highest BCUT2D eigenvalue weighted by Gasteiger charge is 2.46. The average molecular weight is 1030 g/mol. The van der Waals surface area contributed by atoms with E-state index in [0.29, 0.717) is 30.4 Å². The molecule has 2 aromatic carbocycles. The molecule has 10 N–H and O–H groups in total. The number of amides is 8. The van der Waals surface area contributed by atoms with Crippen molar-refractivity contribution in [1.82, 2.24) is 36.4 Å². The molecule has 2 fully saturated rings. The SMILES string of the molecule is CCCCCC(=O)N[C@@H](CCC(N)=O)C(=O)N[C@@H]1C(=O)NC(C[C@H]2C=C[C@H](O)CC2)C(=O)N[C@H]2CC[C@@H](O)N(C2=O)[C@@H](Cc2ccccc2)C(=O)N(C)[C@@H](Cc2ccc(O)cc2)C(=O)N[C@@H](C(C)C)C(=O)O[C@@H]1C. The number of carbonyl (C=O) groups excluding carboxylic acids is 9. The number of ether oxygens (including phenoxy) is 1. The molecule has 3 aliphatic rings. The summed E-state index contributed by atoms with van der Waals surface area (Å²) in [5.74, 6) is -8.67. The molecule has 1 unspecified atom stereocenters. The van der Waals surface area contributed by atoms with Gasteiger partial charge in [-0.3, -0.25) is 38.4 Å². The van der Waals surface area contributed by atoms with Gasteiger partial charge < -0.3 is 62.2 Å². The number of hydrogen-bond donors (Lipinski definition) is 9. The molecule has 21 heteroatoms. The summed E-state index contributed by atoms with van der Waals surface area (Å²) in [6, 6.07) is 4.36. The van der Waals surface area contributed by atoms with Crippen molar-refractivity contribution in [2.24, 2.45) is 17.6 Å². The highest BCUT2D eigenvalue weighted by atomic mass is 16.5. The number of nitrogens with one attached hydrogen (secondary N) is 5. The van der Waals surface area contributed by atoms with E-state index in [4.69, 9.17) is 10.5 Å². The zero-order valence-corrected chi connectivity index (χ0v) is 42.9. The highest BCUT2D eigenvalue weighted by Crippen LogP contribution is 2.27. The molecule has 11 atom stereocenters. The molecule has 2 heterocycles. The number of rotatable bonds is 17. The molecular weight excluding hydrogens is 957 g/mol. The molecule has 0 spiro atoms. The summed E-state index contributed by atoms with van der Waals surface area (Å²) in [6.07, 6.45) is 1.22. The van der Waals surface area contributed by atoms with Gasteiger partial charge in [0.2, 0.25) is 47.3 Å². The largest absolute Gasteiger partial charge is 0.508 e. The topological polar surface area (TPSA) is 316 Å². The maximum absolute atomic E-state index is 15.1. The van der Waals surface area contributed by atoms with Crippen molar-refractivity contribution in [3.8, 4) is 5.75 Å². The van der Waals surface area contributed by atoms with Gasteiger partial charge >= 0.3 is 5.97 Å². The number of cyclic esters (lactones) is 1. The van der Waals surface area contributed by atoms with Crippen molar-refractivity contribution < 1.29 is 63.2 Å². The average Bonchev–Trinajstić information content (AvgIpc) is 3.36. The summed E-state index contributed by atoms with van der Waals surface area (Å²) >= 11 is 0.